The highest BCUT2D eigenvalue weighted by atomic mass is 16.3. The van der Waals surface area contributed by atoms with Crippen molar-refractivity contribution in [2.24, 2.45) is 5.92 Å². The van der Waals surface area contributed by atoms with Crippen molar-refractivity contribution in [3.8, 4) is 11.4 Å². The molecular formula is C13H15N5O2. The van der Waals surface area contributed by atoms with Gasteiger partial charge in [-0.3, -0.25) is 4.79 Å². The number of carbonyl (C=O) groups is 1. The van der Waals surface area contributed by atoms with E-state index in [1.165, 1.54) is 0 Å². The van der Waals surface area contributed by atoms with Crippen molar-refractivity contribution in [3.63, 3.8) is 0 Å². The van der Waals surface area contributed by atoms with Crippen LogP contribution in [-0.2, 0) is 0 Å². The molecule has 1 aliphatic carbocycles. The summed E-state index contributed by atoms with van der Waals surface area (Å²) < 4.78 is 0. The Morgan fingerprint density at radius 2 is 2.15 bits per heavy atom. The van der Waals surface area contributed by atoms with Crippen LogP contribution in [0.25, 0.3) is 11.4 Å². The molecule has 0 bridgehead atoms. The van der Waals surface area contributed by atoms with E-state index in [0.29, 0.717) is 23.9 Å². The monoisotopic (exact) mass is 273 g/mol. The van der Waals surface area contributed by atoms with E-state index in [9.17, 15) is 9.90 Å². The smallest absolute Gasteiger partial charge is 0.251 e. The predicted octanol–water partition coefficient (Wildman–Crippen LogP) is 0.367. The lowest BCUT2D eigenvalue weighted by molar-refractivity contribution is 0.0901. The summed E-state index contributed by atoms with van der Waals surface area (Å²) in [6, 6.07) is 6.92. The van der Waals surface area contributed by atoms with Gasteiger partial charge in [0.15, 0.2) is 0 Å². The predicted molar refractivity (Wildman–Crippen MR) is 70.7 cm³/mol. The van der Waals surface area contributed by atoms with Crippen molar-refractivity contribution in [1.82, 2.24) is 25.9 Å². The van der Waals surface area contributed by atoms with Crippen molar-refractivity contribution in [3.05, 3.63) is 29.8 Å². The third-order valence-electron chi connectivity index (χ3n) is 3.39. The fourth-order valence-electron chi connectivity index (χ4n) is 2.00. The number of nitrogens with zero attached hydrogens (tertiary/aromatic N) is 3. The largest absolute Gasteiger partial charge is 0.391 e. The lowest BCUT2D eigenvalue weighted by atomic mass is 10.1. The van der Waals surface area contributed by atoms with Gasteiger partial charge in [0.2, 0.25) is 5.82 Å². The Labute approximate surface area is 115 Å². The second-order valence-electron chi connectivity index (χ2n) is 4.93. The minimum atomic E-state index is -0.433. The first-order chi connectivity index (χ1) is 9.74. The first-order valence-corrected chi connectivity index (χ1v) is 6.54. The molecular weight excluding hydrogens is 258 g/mol. The van der Waals surface area contributed by atoms with Crippen LogP contribution in [0.2, 0.25) is 0 Å². The third kappa shape index (κ3) is 2.83. The summed E-state index contributed by atoms with van der Waals surface area (Å²) in [4.78, 5) is 11.9. The van der Waals surface area contributed by atoms with Crippen LogP contribution < -0.4 is 5.32 Å². The van der Waals surface area contributed by atoms with Crippen molar-refractivity contribution < 1.29 is 9.90 Å². The average molecular weight is 273 g/mol. The molecule has 1 aliphatic rings. The van der Waals surface area contributed by atoms with Gasteiger partial charge in [-0.1, -0.05) is 12.1 Å². The SMILES string of the molecule is O=C(NCC(O)C1CC1)c1ccc(-c2nn[nH]n2)cc1. The summed E-state index contributed by atoms with van der Waals surface area (Å²) >= 11 is 0. The number of aliphatic hydroxyl groups is 1. The first-order valence-electron chi connectivity index (χ1n) is 6.54. The number of amides is 1. The summed E-state index contributed by atoms with van der Waals surface area (Å²) in [5.41, 5.74) is 1.33. The van der Waals surface area contributed by atoms with Crippen LogP contribution in [0.1, 0.15) is 23.2 Å². The number of nitrogens with one attached hydrogen (secondary N) is 2. The van der Waals surface area contributed by atoms with Gasteiger partial charge >= 0.3 is 0 Å². The molecule has 104 valence electrons. The molecule has 1 heterocycles. The van der Waals surface area contributed by atoms with Crippen LogP contribution in [0.15, 0.2) is 24.3 Å². The van der Waals surface area contributed by atoms with Crippen LogP contribution in [0, 0.1) is 5.92 Å². The van der Waals surface area contributed by atoms with E-state index in [4.69, 9.17) is 0 Å². The van der Waals surface area contributed by atoms with Gasteiger partial charge in [0.25, 0.3) is 5.91 Å². The van der Waals surface area contributed by atoms with Gasteiger partial charge in [-0.05, 0) is 36.1 Å². The second kappa shape index (κ2) is 5.38. The molecule has 2 aromatic rings. The standard InChI is InChI=1S/C13H15N5O2/c19-11(8-1-2-8)7-14-13(20)10-5-3-9(4-6-10)12-15-17-18-16-12/h3-6,8,11,19H,1-2,7H2,(H,14,20)(H,15,16,17,18). The van der Waals surface area contributed by atoms with E-state index in [2.05, 4.69) is 25.9 Å². The van der Waals surface area contributed by atoms with Crippen molar-refractivity contribution in [2.45, 2.75) is 18.9 Å². The number of carbonyl (C=O) groups excluding carboxylic acids is 1. The summed E-state index contributed by atoms with van der Waals surface area (Å²) in [7, 11) is 0. The highest BCUT2D eigenvalue weighted by Crippen LogP contribution is 2.32. The zero-order valence-corrected chi connectivity index (χ0v) is 10.8. The highest BCUT2D eigenvalue weighted by Gasteiger charge is 2.29. The number of hydrogen-bond acceptors (Lipinski definition) is 5. The van der Waals surface area contributed by atoms with E-state index in [1.807, 2.05) is 0 Å². The molecule has 0 radical (unpaired) electrons. The average Bonchev–Trinajstić information content (AvgIpc) is 3.19. The Bertz CT molecular complexity index is 577. The van der Waals surface area contributed by atoms with Gasteiger partial charge in [0.05, 0.1) is 6.10 Å². The van der Waals surface area contributed by atoms with E-state index < -0.39 is 6.10 Å². The Balaban J connectivity index is 1.60. The molecule has 1 fully saturated rings. The zero-order chi connectivity index (χ0) is 13.9. The van der Waals surface area contributed by atoms with Gasteiger partial charge in [-0.25, -0.2) is 0 Å². The van der Waals surface area contributed by atoms with Crippen molar-refractivity contribution >= 4 is 5.91 Å². The fourth-order valence-corrected chi connectivity index (χ4v) is 2.00. The normalized spacial score (nSPS) is 15.8. The topological polar surface area (TPSA) is 104 Å². The summed E-state index contributed by atoms with van der Waals surface area (Å²) in [6.45, 7) is 0.302. The lowest BCUT2D eigenvalue weighted by Gasteiger charge is -2.10. The van der Waals surface area contributed by atoms with Crippen LogP contribution in [0.3, 0.4) is 0 Å². The highest BCUT2D eigenvalue weighted by molar-refractivity contribution is 5.94. The van der Waals surface area contributed by atoms with Crippen LogP contribution >= 0.6 is 0 Å². The second-order valence-corrected chi connectivity index (χ2v) is 4.93. The molecule has 1 saturated carbocycles. The number of H-pyrrole nitrogens is 1. The minimum Gasteiger partial charge on any atom is -0.391 e. The van der Waals surface area contributed by atoms with Crippen molar-refractivity contribution in [1.29, 1.82) is 0 Å². The molecule has 3 N–H and O–H groups in total. The summed E-state index contributed by atoms with van der Waals surface area (Å²) in [5, 5.41) is 26.0. The van der Waals surface area contributed by atoms with E-state index in [0.717, 1.165) is 18.4 Å². The van der Waals surface area contributed by atoms with E-state index >= 15 is 0 Å². The van der Waals surface area contributed by atoms with E-state index in [-0.39, 0.29) is 5.91 Å². The number of benzene rings is 1. The Morgan fingerprint density at radius 3 is 2.75 bits per heavy atom. The quantitative estimate of drug-likeness (QED) is 0.730. The number of aromatic nitrogens is 4. The van der Waals surface area contributed by atoms with Crippen LogP contribution in [0.5, 0.6) is 0 Å². The number of tetrazole rings is 1. The maximum Gasteiger partial charge on any atom is 0.251 e. The third-order valence-corrected chi connectivity index (χ3v) is 3.39. The molecule has 1 unspecified atom stereocenters. The van der Waals surface area contributed by atoms with Gasteiger partial charge in [0, 0.05) is 17.7 Å². The Kier molecular flexibility index (Phi) is 3.42. The molecule has 0 spiro atoms. The molecule has 1 amide bonds. The molecule has 20 heavy (non-hydrogen) atoms. The molecule has 1 atom stereocenters. The molecule has 1 aromatic heterocycles. The Morgan fingerprint density at radius 1 is 1.40 bits per heavy atom. The lowest BCUT2D eigenvalue weighted by Crippen LogP contribution is -2.33. The molecule has 3 rings (SSSR count). The van der Waals surface area contributed by atoms with Gasteiger partial charge < -0.3 is 10.4 Å². The fraction of sp³-hybridized carbons (Fsp3) is 0.385. The number of hydrogen-bond donors (Lipinski definition) is 3. The van der Waals surface area contributed by atoms with E-state index in [1.54, 1.807) is 24.3 Å². The van der Waals surface area contributed by atoms with Crippen molar-refractivity contribution in [2.75, 3.05) is 6.54 Å². The number of rotatable bonds is 5. The molecule has 0 saturated heterocycles. The van der Waals surface area contributed by atoms with Gasteiger partial charge in [-0.15, -0.1) is 10.2 Å². The molecule has 7 nitrogen and oxygen atoms in total. The number of aliphatic hydroxyl groups excluding tert-OH is 1. The summed E-state index contributed by atoms with van der Waals surface area (Å²) in [5.74, 6) is 0.654. The maximum atomic E-state index is 11.9. The minimum absolute atomic E-state index is 0.190. The van der Waals surface area contributed by atoms with Crippen LogP contribution in [0.4, 0.5) is 0 Å². The van der Waals surface area contributed by atoms with Gasteiger partial charge in [0.1, 0.15) is 0 Å². The van der Waals surface area contributed by atoms with Crippen LogP contribution in [-0.4, -0.2) is 44.3 Å². The molecule has 0 aliphatic heterocycles. The summed E-state index contributed by atoms with van der Waals surface area (Å²) in [6.07, 6.45) is 1.67. The van der Waals surface area contributed by atoms with Gasteiger partial charge in [-0.2, -0.15) is 5.21 Å². The Hall–Kier alpha value is -2.28. The molecule has 7 heteroatoms. The first kappa shape index (κ1) is 12.7. The number of aromatic amines is 1. The molecule has 1 aromatic carbocycles. The maximum absolute atomic E-state index is 11.9. The zero-order valence-electron chi connectivity index (χ0n) is 10.8.